The van der Waals surface area contributed by atoms with Crippen molar-refractivity contribution in [1.82, 2.24) is 0 Å². The highest BCUT2D eigenvalue weighted by Crippen LogP contribution is 2.37. The van der Waals surface area contributed by atoms with E-state index in [0.717, 1.165) is 6.42 Å². The van der Waals surface area contributed by atoms with E-state index in [9.17, 15) is 5.26 Å². The van der Waals surface area contributed by atoms with E-state index in [1.54, 1.807) is 0 Å². The third kappa shape index (κ3) is 4.06. The molecular formula is C23H30N2O2Si. The average Bonchev–Trinajstić information content (AvgIpc) is 2.70. The van der Waals surface area contributed by atoms with E-state index >= 15 is 0 Å². The first-order valence-corrected chi connectivity index (χ1v) is 11.8. The normalized spacial score (nSPS) is 23.2. The minimum atomic E-state index is -2.55. The van der Waals surface area contributed by atoms with E-state index in [0.29, 0.717) is 13.0 Å². The summed E-state index contributed by atoms with van der Waals surface area (Å²) < 4.78 is 12.8. The van der Waals surface area contributed by atoms with Gasteiger partial charge in [-0.3, -0.25) is 0 Å². The quantitative estimate of drug-likeness (QED) is 0.792. The third-order valence-corrected chi connectivity index (χ3v) is 10.6. The molecule has 1 aliphatic rings. The van der Waals surface area contributed by atoms with Crippen LogP contribution in [0.5, 0.6) is 0 Å². The van der Waals surface area contributed by atoms with Crippen LogP contribution in [-0.4, -0.2) is 33.2 Å². The number of nitrogens with zero attached hydrogens (tertiary/aromatic N) is 1. The molecule has 28 heavy (non-hydrogen) atoms. The number of ether oxygens (including phenoxy) is 1. The number of rotatable bonds is 5. The molecule has 5 heteroatoms. The summed E-state index contributed by atoms with van der Waals surface area (Å²) in [5.41, 5.74) is 5.17. The Hall–Kier alpha value is -1.97. The van der Waals surface area contributed by atoms with E-state index in [4.69, 9.17) is 14.9 Å². The fraction of sp³-hybridized carbons (Fsp3) is 0.435. The van der Waals surface area contributed by atoms with Crippen LogP contribution in [0.25, 0.3) is 0 Å². The number of benzene rings is 2. The highest BCUT2D eigenvalue weighted by Gasteiger charge is 2.50. The number of hydrogen-bond acceptors (Lipinski definition) is 4. The molecule has 1 fully saturated rings. The second kappa shape index (κ2) is 8.18. The van der Waals surface area contributed by atoms with Crippen LogP contribution < -0.4 is 16.1 Å². The molecule has 0 radical (unpaired) electrons. The van der Waals surface area contributed by atoms with Crippen molar-refractivity contribution in [1.29, 1.82) is 5.26 Å². The Balaban J connectivity index is 1.93. The van der Waals surface area contributed by atoms with Gasteiger partial charge in [-0.2, -0.15) is 5.26 Å². The first kappa shape index (κ1) is 20.8. The van der Waals surface area contributed by atoms with Gasteiger partial charge in [0, 0.05) is 0 Å². The molecular weight excluding hydrogens is 364 g/mol. The lowest BCUT2D eigenvalue weighted by molar-refractivity contribution is -0.0358. The van der Waals surface area contributed by atoms with Gasteiger partial charge in [0.05, 0.1) is 25.4 Å². The van der Waals surface area contributed by atoms with Crippen molar-refractivity contribution >= 4 is 18.7 Å². The van der Waals surface area contributed by atoms with Crippen LogP contribution in [0.3, 0.4) is 0 Å². The van der Waals surface area contributed by atoms with Crippen molar-refractivity contribution in [2.24, 2.45) is 5.73 Å². The number of nitrogens with two attached hydrogens (primary N) is 1. The summed E-state index contributed by atoms with van der Waals surface area (Å²) in [4.78, 5) is 0. The Morgan fingerprint density at radius 3 is 2.04 bits per heavy atom. The van der Waals surface area contributed by atoms with Gasteiger partial charge < -0.3 is 14.9 Å². The largest absolute Gasteiger partial charge is 0.405 e. The maximum atomic E-state index is 9.22. The summed E-state index contributed by atoms with van der Waals surface area (Å²) in [5, 5.41) is 11.7. The van der Waals surface area contributed by atoms with Gasteiger partial charge in [0.2, 0.25) is 0 Å². The van der Waals surface area contributed by atoms with Crippen molar-refractivity contribution in [3.05, 3.63) is 60.7 Å². The first-order chi connectivity index (χ1) is 13.3. The van der Waals surface area contributed by atoms with Crippen LogP contribution in [0, 0.1) is 11.3 Å². The number of hydrogen-bond donors (Lipinski definition) is 1. The van der Waals surface area contributed by atoms with Crippen LogP contribution in [0.4, 0.5) is 0 Å². The van der Waals surface area contributed by atoms with Crippen molar-refractivity contribution < 1.29 is 9.16 Å². The molecule has 2 N–H and O–H groups in total. The van der Waals surface area contributed by atoms with Crippen molar-refractivity contribution in [2.75, 3.05) is 13.2 Å². The number of nitriles is 1. The second-order valence-electron chi connectivity index (χ2n) is 8.71. The van der Waals surface area contributed by atoms with Gasteiger partial charge in [-0.1, -0.05) is 81.4 Å². The molecule has 2 atom stereocenters. The topological polar surface area (TPSA) is 68.3 Å². The molecule has 148 valence electrons. The molecule has 0 saturated carbocycles. The van der Waals surface area contributed by atoms with Gasteiger partial charge in [0.25, 0.3) is 8.32 Å². The lowest BCUT2D eigenvalue weighted by Crippen LogP contribution is -2.67. The maximum Gasteiger partial charge on any atom is 0.261 e. The minimum Gasteiger partial charge on any atom is -0.405 e. The lowest BCUT2D eigenvalue weighted by atomic mass is 9.93. The first-order valence-electron chi connectivity index (χ1n) is 9.87. The Morgan fingerprint density at radius 2 is 1.64 bits per heavy atom. The van der Waals surface area contributed by atoms with Crippen LogP contribution in [0.2, 0.25) is 5.04 Å². The van der Waals surface area contributed by atoms with Crippen LogP contribution in [-0.2, 0) is 9.16 Å². The second-order valence-corrected chi connectivity index (χ2v) is 13.0. The van der Waals surface area contributed by atoms with E-state index in [2.05, 4.69) is 75.4 Å². The maximum absolute atomic E-state index is 9.22. The van der Waals surface area contributed by atoms with Crippen LogP contribution in [0.15, 0.2) is 60.7 Å². The highest BCUT2D eigenvalue weighted by atomic mass is 28.4. The summed E-state index contributed by atoms with van der Waals surface area (Å²) in [5.74, 6) is 0. The van der Waals surface area contributed by atoms with Crippen molar-refractivity contribution in [3.8, 4) is 6.07 Å². The molecule has 0 aliphatic carbocycles. The van der Waals surface area contributed by atoms with Gasteiger partial charge in [0.15, 0.2) is 0 Å². The van der Waals surface area contributed by atoms with Gasteiger partial charge >= 0.3 is 0 Å². The molecule has 1 heterocycles. The molecule has 1 aliphatic heterocycles. The van der Waals surface area contributed by atoms with E-state index < -0.39 is 13.9 Å². The van der Waals surface area contributed by atoms with Gasteiger partial charge in [-0.15, -0.1) is 0 Å². The Labute approximate surface area is 169 Å². The van der Waals surface area contributed by atoms with Crippen molar-refractivity contribution in [2.45, 2.75) is 50.3 Å². The molecule has 0 amide bonds. The summed E-state index contributed by atoms with van der Waals surface area (Å²) in [6, 6.07) is 23.3. The summed E-state index contributed by atoms with van der Waals surface area (Å²) in [7, 11) is -2.55. The average molecular weight is 395 g/mol. The van der Waals surface area contributed by atoms with E-state index in [1.807, 2.05) is 12.1 Å². The Bertz CT molecular complexity index is 764. The standard InChI is InChI=1S/C23H30N2O2Si/c1-22(2,3)28(20-10-6-4-7-11-20,21-12-8-5-9-13-21)27-16-19-14-15-23(25,17-24)18-26-19/h4-13,19H,14-16,18,25H2,1-3H3. The Morgan fingerprint density at radius 1 is 1.11 bits per heavy atom. The minimum absolute atomic E-state index is 0.0355. The van der Waals surface area contributed by atoms with Gasteiger partial charge in [0.1, 0.15) is 5.54 Å². The molecule has 0 bridgehead atoms. The SMILES string of the molecule is CC(C)(C)[Si](OCC1CCC(N)(C#N)CO1)(c1ccccc1)c1ccccc1. The summed E-state index contributed by atoms with van der Waals surface area (Å²) >= 11 is 0. The van der Waals surface area contributed by atoms with E-state index in [1.165, 1.54) is 10.4 Å². The zero-order chi connectivity index (χ0) is 20.3. The van der Waals surface area contributed by atoms with E-state index in [-0.39, 0.29) is 17.7 Å². The molecule has 2 unspecified atom stereocenters. The van der Waals surface area contributed by atoms with Crippen LogP contribution in [0.1, 0.15) is 33.6 Å². The van der Waals surface area contributed by atoms with Crippen LogP contribution >= 0.6 is 0 Å². The zero-order valence-corrected chi connectivity index (χ0v) is 18.0. The summed E-state index contributed by atoms with van der Waals surface area (Å²) in [6.45, 7) is 7.57. The fourth-order valence-electron chi connectivity index (χ4n) is 4.04. The molecule has 2 aromatic carbocycles. The molecule has 1 saturated heterocycles. The molecule has 0 spiro atoms. The van der Waals surface area contributed by atoms with Crippen molar-refractivity contribution in [3.63, 3.8) is 0 Å². The third-order valence-electron chi connectivity index (χ3n) is 5.61. The lowest BCUT2D eigenvalue weighted by Gasteiger charge is -2.44. The van der Waals surface area contributed by atoms with Gasteiger partial charge in [-0.05, 0) is 28.3 Å². The predicted octanol–water partition coefficient (Wildman–Crippen LogP) is 2.96. The predicted molar refractivity (Wildman–Crippen MR) is 115 cm³/mol. The zero-order valence-electron chi connectivity index (χ0n) is 17.0. The molecule has 4 nitrogen and oxygen atoms in total. The monoisotopic (exact) mass is 394 g/mol. The molecule has 3 rings (SSSR count). The highest BCUT2D eigenvalue weighted by molar-refractivity contribution is 6.99. The molecule has 0 aromatic heterocycles. The van der Waals surface area contributed by atoms with Gasteiger partial charge in [-0.25, -0.2) is 0 Å². The fourth-order valence-corrected chi connectivity index (χ4v) is 8.63. The smallest absolute Gasteiger partial charge is 0.261 e. The molecule has 2 aromatic rings. The summed E-state index contributed by atoms with van der Waals surface area (Å²) in [6.07, 6.45) is 1.34. The Kier molecular flexibility index (Phi) is 6.06.